The molecule has 2 rings (SSSR count). The summed E-state index contributed by atoms with van der Waals surface area (Å²) >= 11 is 5.74. The molecular weight excluding hydrogens is 277 g/mol. The zero-order valence-corrected chi connectivity index (χ0v) is 10.0. The topological polar surface area (TPSA) is 95.1 Å². The normalized spacial score (nSPS) is 10.2. The lowest BCUT2D eigenvalue weighted by Crippen LogP contribution is -2.17. The second kappa shape index (κ2) is 5.07. The van der Waals surface area contributed by atoms with E-state index >= 15 is 0 Å². The van der Waals surface area contributed by atoms with Crippen LogP contribution in [0.25, 0.3) is 0 Å². The van der Waals surface area contributed by atoms with Gasteiger partial charge in [0.1, 0.15) is 5.82 Å². The molecule has 2 aromatic rings. The fourth-order valence-electron chi connectivity index (χ4n) is 1.42. The van der Waals surface area contributed by atoms with E-state index in [9.17, 15) is 14.0 Å². The summed E-state index contributed by atoms with van der Waals surface area (Å²) in [7, 11) is 0. The SMILES string of the molecule is O=C(Nc1c(F)cccc1Cl)c1nc[nH]c1C(=O)O. The van der Waals surface area contributed by atoms with E-state index in [-0.39, 0.29) is 22.1 Å². The molecule has 98 valence electrons. The van der Waals surface area contributed by atoms with Crippen LogP contribution in [0.15, 0.2) is 24.5 Å². The summed E-state index contributed by atoms with van der Waals surface area (Å²) in [6.45, 7) is 0. The number of aromatic amines is 1. The molecule has 3 N–H and O–H groups in total. The van der Waals surface area contributed by atoms with Gasteiger partial charge >= 0.3 is 5.97 Å². The van der Waals surface area contributed by atoms with Crippen molar-refractivity contribution in [3.63, 3.8) is 0 Å². The van der Waals surface area contributed by atoms with Crippen LogP contribution in [-0.4, -0.2) is 27.0 Å². The van der Waals surface area contributed by atoms with Crippen molar-refractivity contribution in [3.8, 4) is 0 Å². The van der Waals surface area contributed by atoms with Gasteiger partial charge < -0.3 is 15.4 Å². The number of benzene rings is 1. The second-order valence-electron chi connectivity index (χ2n) is 3.48. The minimum atomic E-state index is -1.35. The summed E-state index contributed by atoms with van der Waals surface area (Å²) in [6.07, 6.45) is 1.06. The van der Waals surface area contributed by atoms with Gasteiger partial charge in [0.05, 0.1) is 17.0 Å². The maximum absolute atomic E-state index is 13.5. The smallest absolute Gasteiger partial charge is 0.354 e. The van der Waals surface area contributed by atoms with E-state index in [2.05, 4.69) is 15.3 Å². The van der Waals surface area contributed by atoms with E-state index in [1.807, 2.05) is 0 Å². The average Bonchev–Trinajstić information content (AvgIpc) is 2.83. The molecule has 1 heterocycles. The van der Waals surface area contributed by atoms with E-state index in [1.54, 1.807) is 0 Å². The van der Waals surface area contributed by atoms with Gasteiger partial charge in [0.25, 0.3) is 5.91 Å². The highest BCUT2D eigenvalue weighted by Gasteiger charge is 2.21. The summed E-state index contributed by atoms with van der Waals surface area (Å²) in [4.78, 5) is 28.5. The number of anilines is 1. The largest absolute Gasteiger partial charge is 0.477 e. The highest BCUT2D eigenvalue weighted by atomic mass is 35.5. The third-order valence-electron chi connectivity index (χ3n) is 2.27. The van der Waals surface area contributed by atoms with Crippen molar-refractivity contribution in [2.75, 3.05) is 5.32 Å². The summed E-state index contributed by atoms with van der Waals surface area (Å²) in [5, 5.41) is 11.0. The zero-order chi connectivity index (χ0) is 14.0. The maximum Gasteiger partial charge on any atom is 0.354 e. The van der Waals surface area contributed by atoms with Gasteiger partial charge in [-0.05, 0) is 12.1 Å². The molecular formula is C11H7ClFN3O3. The Hall–Kier alpha value is -2.41. The number of amides is 1. The van der Waals surface area contributed by atoms with Gasteiger partial charge in [-0.2, -0.15) is 0 Å². The number of hydrogen-bond donors (Lipinski definition) is 3. The molecule has 0 aliphatic rings. The quantitative estimate of drug-likeness (QED) is 0.804. The molecule has 0 aliphatic heterocycles. The predicted octanol–water partition coefficient (Wildman–Crippen LogP) is 2.15. The Morgan fingerprint density at radius 3 is 2.79 bits per heavy atom. The number of nitrogens with one attached hydrogen (secondary N) is 2. The molecule has 0 radical (unpaired) electrons. The molecule has 19 heavy (non-hydrogen) atoms. The maximum atomic E-state index is 13.5. The Bertz CT molecular complexity index is 636. The molecule has 1 aromatic carbocycles. The van der Waals surface area contributed by atoms with Gasteiger partial charge in [0.15, 0.2) is 11.4 Å². The summed E-state index contributed by atoms with van der Waals surface area (Å²) in [6, 6.07) is 3.89. The first kappa shape index (κ1) is 13.0. The Balaban J connectivity index is 2.31. The number of carboxylic acid groups (broad SMARTS) is 1. The molecule has 0 fully saturated rings. The number of rotatable bonds is 3. The van der Waals surface area contributed by atoms with Crippen molar-refractivity contribution in [1.29, 1.82) is 0 Å². The van der Waals surface area contributed by atoms with Gasteiger partial charge in [-0.25, -0.2) is 14.2 Å². The van der Waals surface area contributed by atoms with Crippen LogP contribution in [0.1, 0.15) is 21.0 Å². The van der Waals surface area contributed by atoms with Gasteiger partial charge in [0, 0.05) is 0 Å². The monoisotopic (exact) mass is 283 g/mol. The molecule has 0 unspecified atom stereocenters. The van der Waals surface area contributed by atoms with E-state index in [1.165, 1.54) is 12.1 Å². The number of imidazole rings is 1. The molecule has 0 aliphatic carbocycles. The molecule has 0 spiro atoms. The fraction of sp³-hybridized carbons (Fsp3) is 0. The third-order valence-corrected chi connectivity index (χ3v) is 2.58. The molecule has 1 aromatic heterocycles. The van der Waals surface area contributed by atoms with E-state index in [0.717, 1.165) is 12.4 Å². The molecule has 0 atom stereocenters. The van der Waals surface area contributed by atoms with Crippen LogP contribution in [0.4, 0.5) is 10.1 Å². The lowest BCUT2D eigenvalue weighted by Gasteiger charge is -2.07. The van der Waals surface area contributed by atoms with Crippen LogP contribution in [0.2, 0.25) is 5.02 Å². The van der Waals surface area contributed by atoms with Crippen LogP contribution >= 0.6 is 11.6 Å². The average molecular weight is 284 g/mol. The van der Waals surface area contributed by atoms with Gasteiger partial charge in [-0.3, -0.25) is 4.79 Å². The number of carbonyl (C=O) groups is 2. The number of carboxylic acids is 1. The first-order chi connectivity index (χ1) is 9.00. The first-order valence-corrected chi connectivity index (χ1v) is 5.40. The molecule has 6 nitrogen and oxygen atoms in total. The highest BCUT2D eigenvalue weighted by molar-refractivity contribution is 6.34. The lowest BCUT2D eigenvalue weighted by atomic mass is 10.2. The van der Waals surface area contributed by atoms with Crippen molar-refractivity contribution < 1.29 is 19.1 Å². The van der Waals surface area contributed by atoms with Crippen LogP contribution in [-0.2, 0) is 0 Å². The van der Waals surface area contributed by atoms with Crippen LogP contribution < -0.4 is 5.32 Å². The van der Waals surface area contributed by atoms with Crippen LogP contribution in [0.5, 0.6) is 0 Å². The van der Waals surface area contributed by atoms with Crippen molar-refractivity contribution in [1.82, 2.24) is 9.97 Å². The first-order valence-electron chi connectivity index (χ1n) is 5.02. The van der Waals surface area contributed by atoms with Crippen molar-refractivity contribution in [2.45, 2.75) is 0 Å². The Labute approximate surface area is 111 Å². The predicted molar refractivity (Wildman–Crippen MR) is 64.9 cm³/mol. The van der Waals surface area contributed by atoms with E-state index in [0.29, 0.717) is 0 Å². The van der Waals surface area contributed by atoms with Gasteiger partial charge in [-0.1, -0.05) is 17.7 Å². The van der Waals surface area contributed by atoms with Gasteiger partial charge in [-0.15, -0.1) is 0 Å². The third kappa shape index (κ3) is 2.55. The number of aromatic carboxylic acids is 1. The van der Waals surface area contributed by atoms with E-state index in [4.69, 9.17) is 16.7 Å². The van der Waals surface area contributed by atoms with Crippen molar-refractivity contribution in [3.05, 3.63) is 46.8 Å². The summed E-state index contributed by atoms with van der Waals surface area (Å²) < 4.78 is 13.5. The number of carbonyl (C=O) groups excluding carboxylic acids is 1. The molecule has 0 saturated heterocycles. The number of aromatic nitrogens is 2. The highest BCUT2D eigenvalue weighted by Crippen LogP contribution is 2.25. The number of halogens is 2. The molecule has 0 bridgehead atoms. The molecule has 0 saturated carbocycles. The molecule has 8 heteroatoms. The Morgan fingerprint density at radius 2 is 2.16 bits per heavy atom. The van der Waals surface area contributed by atoms with Crippen molar-refractivity contribution >= 4 is 29.2 Å². The Morgan fingerprint density at radius 1 is 1.42 bits per heavy atom. The second-order valence-corrected chi connectivity index (χ2v) is 3.89. The summed E-state index contributed by atoms with van der Waals surface area (Å²) in [5.74, 6) is -2.94. The number of nitrogens with zero attached hydrogens (tertiary/aromatic N) is 1. The van der Waals surface area contributed by atoms with E-state index < -0.39 is 17.7 Å². The standard InChI is InChI=1S/C11H7ClFN3O3/c12-5-2-1-3-6(13)7(5)16-10(17)8-9(11(18)19)15-4-14-8/h1-4H,(H,14,15)(H,16,17)(H,18,19). The minimum absolute atomic E-state index is 0.000704. The minimum Gasteiger partial charge on any atom is -0.477 e. The number of hydrogen-bond acceptors (Lipinski definition) is 3. The number of H-pyrrole nitrogens is 1. The zero-order valence-electron chi connectivity index (χ0n) is 9.28. The van der Waals surface area contributed by atoms with Crippen molar-refractivity contribution in [2.24, 2.45) is 0 Å². The molecule has 1 amide bonds. The van der Waals surface area contributed by atoms with Gasteiger partial charge in [0.2, 0.25) is 0 Å². The Kier molecular flexibility index (Phi) is 3.48. The number of para-hydroxylation sites is 1. The van der Waals surface area contributed by atoms with Crippen LogP contribution in [0.3, 0.4) is 0 Å². The van der Waals surface area contributed by atoms with Crippen LogP contribution in [0, 0.1) is 5.82 Å². The fourth-order valence-corrected chi connectivity index (χ4v) is 1.63. The lowest BCUT2D eigenvalue weighted by molar-refractivity contribution is 0.0686. The summed E-state index contributed by atoms with van der Waals surface area (Å²) in [5.41, 5.74) is -0.967.